The van der Waals surface area contributed by atoms with Gasteiger partial charge in [0.15, 0.2) is 6.61 Å². The number of nitrogens with zero attached hydrogens (tertiary/aromatic N) is 2. The molecule has 0 aromatic heterocycles. The summed E-state index contributed by atoms with van der Waals surface area (Å²) in [7, 11) is 0. The summed E-state index contributed by atoms with van der Waals surface area (Å²) in [4.78, 5) is 28.4. The standard InChI is InChI=1S/C21H23Cl2N3O3/c1-15-12-16(6-7-17(15)22)29-14-21(28)26-10-8-25(9-11-26)13-20(27)24-19-5-3-2-4-18(19)23/h2-7,12H,8-11,13-14H2,1H3,(H,24,27). The van der Waals surface area contributed by atoms with E-state index in [1.165, 1.54) is 0 Å². The van der Waals surface area contributed by atoms with E-state index in [2.05, 4.69) is 5.32 Å². The molecule has 0 bridgehead atoms. The van der Waals surface area contributed by atoms with Crippen LogP contribution < -0.4 is 10.1 Å². The number of para-hydroxylation sites is 1. The van der Waals surface area contributed by atoms with Crippen LogP contribution >= 0.6 is 23.2 Å². The molecule has 1 fully saturated rings. The lowest BCUT2D eigenvalue weighted by atomic mass is 10.2. The molecule has 8 heteroatoms. The van der Waals surface area contributed by atoms with Crippen LogP contribution in [-0.4, -0.2) is 60.9 Å². The quantitative estimate of drug-likeness (QED) is 0.754. The molecule has 2 aromatic carbocycles. The zero-order chi connectivity index (χ0) is 20.8. The Balaban J connectivity index is 1.41. The Hall–Kier alpha value is -2.28. The van der Waals surface area contributed by atoms with Crippen LogP contribution in [0.15, 0.2) is 42.5 Å². The molecule has 2 amide bonds. The van der Waals surface area contributed by atoms with Gasteiger partial charge in [0.25, 0.3) is 5.91 Å². The summed E-state index contributed by atoms with van der Waals surface area (Å²) in [6.07, 6.45) is 0. The van der Waals surface area contributed by atoms with E-state index in [9.17, 15) is 9.59 Å². The number of benzene rings is 2. The van der Waals surface area contributed by atoms with Gasteiger partial charge in [-0.05, 0) is 42.8 Å². The molecule has 1 saturated heterocycles. The average Bonchev–Trinajstić information content (AvgIpc) is 2.71. The zero-order valence-corrected chi connectivity index (χ0v) is 17.7. The minimum atomic E-state index is -0.126. The first-order valence-electron chi connectivity index (χ1n) is 9.36. The maximum absolute atomic E-state index is 12.4. The number of hydrogen-bond acceptors (Lipinski definition) is 4. The number of hydrogen-bond donors (Lipinski definition) is 1. The Bertz CT molecular complexity index is 883. The molecule has 154 valence electrons. The van der Waals surface area contributed by atoms with E-state index in [0.717, 1.165) is 5.56 Å². The molecular weight excluding hydrogens is 413 g/mol. The molecule has 1 heterocycles. The van der Waals surface area contributed by atoms with Crippen molar-refractivity contribution in [1.82, 2.24) is 9.80 Å². The van der Waals surface area contributed by atoms with Crippen molar-refractivity contribution in [3.63, 3.8) is 0 Å². The number of piperazine rings is 1. The van der Waals surface area contributed by atoms with E-state index in [-0.39, 0.29) is 25.0 Å². The first kappa shape index (κ1) is 21.4. The molecule has 29 heavy (non-hydrogen) atoms. The minimum Gasteiger partial charge on any atom is -0.484 e. The highest BCUT2D eigenvalue weighted by molar-refractivity contribution is 6.33. The SMILES string of the molecule is Cc1cc(OCC(=O)N2CCN(CC(=O)Nc3ccccc3Cl)CC2)ccc1Cl. The van der Waals surface area contributed by atoms with E-state index in [1.807, 2.05) is 30.0 Å². The first-order valence-corrected chi connectivity index (χ1v) is 10.1. The molecule has 0 atom stereocenters. The van der Waals surface area contributed by atoms with Crippen LogP contribution in [0.1, 0.15) is 5.56 Å². The van der Waals surface area contributed by atoms with Crippen molar-refractivity contribution < 1.29 is 14.3 Å². The summed E-state index contributed by atoms with van der Waals surface area (Å²) < 4.78 is 5.59. The lowest BCUT2D eigenvalue weighted by Crippen LogP contribution is -2.51. The fourth-order valence-corrected chi connectivity index (χ4v) is 3.35. The van der Waals surface area contributed by atoms with E-state index in [4.69, 9.17) is 27.9 Å². The average molecular weight is 436 g/mol. The van der Waals surface area contributed by atoms with Crippen molar-refractivity contribution in [3.8, 4) is 5.75 Å². The predicted molar refractivity (Wildman–Crippen MR) is 115 cm³/mol. The maximum Gasteiger partial charge on any atom is 0.260 e. The van der Waals surface area contributed by atoms with Crippen LogP contribution in [0.3, 0.4) is 0 Å². The van der Waals surface area contributed by atoms with Crippen molar-refractivity contribution >= 4 is 40.7 Å². The summed E-state index contributed by atoms with van der Waals surface area (Å²) in [6, 6.07) is 12.4. The van der Waals surface area contributed by atoms with Crippen LogP contribution in [0.4, 0.5) is 5.69 Å². The zero-order valence-electron chi connectivity index (χ0n) is 16.2. The van der Waals surface area contributed by atoms with E-state index < -0.39 is 0 Å². The van der Waals surface area contributed by atoms with E-state index in [1.54, 1.807) is 29.2 Å². The highest BCUT2D eigenvalue weighted by Crippen LogP contribution is 2.21. The third-order valence-corrected chi connectivity index (χ3v) is 5.49. The number of nitrogens with one attached hydrogen (secondary N) is 1. The van der Waals surface area contributed by atoms with Crippen molar-refractivity contribution in [2.75, 3.05) is 44.6 Å². The van der Waals surface area contributed by atoms with Crippen LogP contribution in [0, 0.1) is 6.92 Å². The molecule has 0 spiro atoms. The number of carbonyl (C=O) groups excluding carboxylic acids is 2. The molecule has 0 radical (unpaired) electrons. The van der Waals surface area contributed by atoms with Gasteiger partial charge in [-0.3, -0.25) is 14.5 Å². The van der Waals surface area contributed by atoms with Gasteiger partial charge in [-0.25, -0.2) is 0 Å². The number of carbonyl (C=O) groups is 2. The highest BCUT2D eigenvalue weighted by atomic mass is 35.5. The number of rotatable bonds is 6. The number of amides is 2. The Labute approximate surface area is 180 Å². The largest absolute Gasteiger partial charge is 0.484 e. The Morgan fingerprint density at radius 1 is 1.03 bits per heavy atom. The van der Waals surface area contributed by atoms with Crippen molar-refractivity contribution in [3.05, 3.63) is 58.1 Å². The number of halogens is 2. The summed E-state index contributed by atoms with van der Waals surface area (Å²) in [6.45, 7) is 4.49. The second-order valence-corrected chi connectivity index (χ2v) is 7.70. The van der Waals surface area contributed by atoms with Crippen LogP contribution in [0.2, 0.25) is 10.0 Å². The molecule has 0 unspecified atom stereocenters. The van der Waals surface area contributed by atoms with Gasteiger partial charge < -0.3 is 15.0 Å². The van der Waals surface area contributed by atoms with Gasteiger partial charge >= 0.3 is 0 Å². The Kier molecular flexibility index (Phi) is 7.36. The lowest BCUT2D eigenvalue weighted by molar-refractivity contribution is -0.135. The monoisotopic (exact) mass is 435 g/mol. The Morgan fingerprint density at radius 3 is 2.45 bits per heavy atom. The van der Waals surface area contributed by atoms with Crippen molar-refractivity contribution in [1.29, 1.82) is 0 Å². The third-order valence-electron chi connectivity index (χ3n) is 4.73. The molecule has 0 saturated carbocycles. The second kappa shape index (κ2) is 9.96. The molecule has 1 aliphatic rings. The summed E-state index contributed by atoms with van der Waals surface area (Å²) >= 11 is 12.1. The van der Waals surface area contributed by atoms with Crippen molar-refractivity contribution in [2.24, 2.45) is 0 Å². The molecule has 0 aliphatic carbocycles. The number of anilines is 1. The van der Waals surface area contributed by atoms with Gasteiger partial charge in [0.2, 0.25) is 5.91 Å². The Morgan fingerprint density at radius 2 is 1.76 bits per heavy atom. The number of aryl methyl sites for hydroxylation is 1. The van der Waals surface area contributed by atoms with Crippen molar-refractivity contribution in [2.45, 2.75) is 6.92 Å². The minimum absolute atomic E-state index is 0.0198. The van der Waals surface area contributed by atoms with Crippen LogP contribution in [0.25, 0.3) is 0 Å². The molecule has 1 aliphatic heterocycles. The molecule has 6 nitrogen and oxygen atoms in total. The smallest absolute Gasteiger partial charge is 0.260 e. The number of ether oxygens (including phenoxy) is 1. The van der Waals surface area contributed by atoms with Gasteiger partial charge in [0.05, 0.1) is 17.3 Å². The summed E-state index contributed by atoms with van der Waals surface area (Å²) in [5.41, 5.74) is 1.50. The van der Waals surface area contributed by atoms with Gasteiger partial charge in [0, 0.05) is 31.2 Å². The normalized spacial score (nSPS) is 14.5. The van der Waals surface area contributed by atoms with E-state index in [0.29, 0.717) is 47.7 Å². The highest BCUT2D eigenvalue weighted by Gasteiger charge is 2.23. The third kappa shape index (κ3) is 6.10. The molecular formula is C21H23Cl2N3O3. The van der Waals surface area contributed by atoms with Gasteiger partial charge in [0.1, 0.15) is 5.75 Å². The van der Waals surface area contributed by atoms with Crippen LogP contribution in [-0.2, 0) is 9.59 Å². The van der Waals surface area contributed by atoms with Gasteiger partial charge in [-0.1, -0.05) is 35.3 Å². The molecule has 1 N–H and O–H groups in total. The van der Waals surface area contributed by atoms with Gasteiger partial charge in [-0.15, -0.1) is 0 Å². The molecule has 3 rings (SSSR count). The second-order valence-electron chi connectivity index (χ2n) is 6.88. The lowest BCUT2D eigenvalue weighted by Gasteiger charge is -2.34. The molecule has 2 aromatic rings. The maximum atomic E-state index is 12.4. The summed E-state index contributed by atoms with van der Waals surface area (Å²) in [5, 5.41) is 3.99. The summed E-state index contributed by atoms with van der Waals surface area (Å²) in [5.74, 6) is 0.423. The van der Waals surface area contributed by atoms with Gasteiger partial charge in [-0.2, -0.15) is 0 Å². The fourth-order valence-electron chi connectivity index (χ4n) is 3.05. The predicted octanol–water partition coefficient (Wildman–Crippen LogP) is 3.46. The topological polar surface area (TPSA) is 61.9 Å². The fraction of sp³-hybridized carbons (Fsp3) is 0.333. The first-order chi connectivity index (χ1) is 13.9. The van der Waals surface area contributed by atoms with Crippen LogP contribution in [0.5, 0.6) is 5.75 Å². The van der Waals surface area contributed by atoms with E-state index >= 15 is 0 Å².